The molecule has 1 aliphatic rings. The highest BCUT2D eigenvalue weighted by atomic mass is 16.2. The van der Waals surface area contributed by atoms with Gasteiger partial charge >= 0.3 is 6.03 Å². The van der Waals surface area contributed by atoms with Crippen LogP contribution in [-0.2, 0) is 21.5 Å². The van der Waals surface area contributed by atoms with Crippen LogP contribution in [0.25, 0.3) is 0 Å². The number of hydrogen-bond donors (Lipinski definition) is 2. The highest BCUT2D eigenvalue weighted by Crippen LogP contribution is 2.35. The molecular weight excluding hydrogens is 390 g/mol. The largest absolute Gasteiger partial charge is 0.326 e. The summed E-state index contributed by atoms with van der Waals surface area (Å²) < 4.78 is 0. The fourth-order valence-corrected chi connectivity index (χ4v) is 3.94. The molecule has 1 aliphatic heterocycles. The number of rotatable bonds is 6. The number of para-hydroxylation sites is 1. The van der Waals surface area contributed by atoms with Gasteiger partial charge in [0.1, 0.15) is 6.54 Å². The smallest absolute Gasteiger partial charge is 0.324 e. The summed E-state index contributed by atoms with van der Waals surface area (Å²) >= 11 is 0. The fourth-order valence-electron chi connectivity index (χ4n) is 3.94. The minimum atomic E-state index is -1.37. The van der Waals surface area contributed by atoms with E-state index in [2.05, 4.69) is 10.6 Å². The second-order valence-electron chi connectivity index (χ2n) is 7.36. The number of nitrogens with one attached hydrogen (secondary N) is 2. The normalized spacial score (nSPS) is 14.9. The third-order valence-electron chi connectivity index (χ3n) is 5.49. The average molecular weight is 413 g/mol. The molecule has 2 N–H and O–H groups in total. The summed E-state index contributed by atoms with van der Waals surface area (Å²) in [4.78, 5) is 40.2. The number of carbonyl (C=O) groups is 3. The molecule has 31 heavy (non-hydrogen) atoms. The van der Waals surface area contributed by atoms with Gasteiger partial charge in [0.15, 0.2) is 5.54 Å². The SMILES string of the molecule is CCc1ccccc1NC(=O)CN1C(=O)NC(c2ccccc2)(c2ccccc2)C1=O. The zero-order valence-corrected chi connectivity index (χ0v) is 17.2. The molecule has 3 aromatic carbocycles. The van der Waals surface area contributed by atoms with E-state index in [4.69, 9.17) is 0 Å². The lowest BCUT2D eigenvalue weighted by Gasteiger charge is -2.28. The molecule has 0 spiro atoms. The van der Waals surface area contributed by atoms with E-state index in [1.54, 1.807) is 30.3 Å². The van der Waals surface area contributed by atoms with Gasteiger partial charge in [0.2, 0.25) is 5.91 Å². The third-order valence-corrected chi connectivity index (χ3v) is 5.49. The fraction of sp³-hybridized carbons (Fsp3) is 0.160. The van der Waals surface area contributed by atoms with E-state index in [1.165, 1.54) is 0 Å². The zero-order valence-electron chi connectivity index (χ0n) is 17.2. The topological polar surface area (TPSA) is 78.5 Å². The minimum Gasteiger partial charge on any atom is -0.324 e. The van der Waals surface area contributed by atoms with E-state index in [0.29, 0.717) is 16.8 Å². The Morgan fingerprint density at radius 1 is 0.871 bits per heavy atom. The molecular formula is C25H23N3O3. The van der Waals surface area contributed by atoms with Crippen LogP contribution in [0.2, 0.25) is 0 Å². The van der Waals surface area contributed by atoms with Gasteiger partial charge in [-0.15, -0.1) is 0 Å². The summed E-state index contributed by atoms with van der Waals surface area (Å²) in [7, 11) is 0. The number of anilines is 1. The molecule has 0 atom stereocenters. The Morgan fingerprint density at radius 2 is 1.42 bits per heavy atom. The predicted octanol–water partition coefficient (Wildman–Crippen LogP) is 3.68. The van der Waals surface area contributed by atoms with Crippen molar-refractivity contribution in [1.29, 1.82) is 0 Å². The van der Waals surface area contributed by atoms with Crippen molar-refractivity contribution in [2.75, 3.05) is 11.9 Å². The van der Waals surface area contributed by atoms with Crippen molar-refractivity contribution in [3.8, 4) is 0 Å². The summed E-state index contributed by atoms with van der Waals surface area (Å²) in [5.41, 5.74) is 1.56. The van der Waals surface area contributed by atoms with Gasteiger partial charge in [-0.25, -0.2) is 4.79 Å². The van der Waals surface area contributed by atoms with Crippen LogP contribution in [-0.4, -0.2) is 29.3 Å². The van der Waals surface area contributed by atoms with Crippen molar-refractivity contribution in [2.24, 2.45) is 0 Å². The lowest BCUT2D eigenvalue weighted by atomic mass is 9.82. The van der Waals surface area contributed by atoms with E-state index in [0.717, 1.165) is 16.9 Å². The Bertz CT molecular complexity index is 1070. The van der Waals surface area contributed by atoms with Gasteiger partial charge in [-0.05, 0) is 29.2 Å². The molecule has 6 heteroatoms. The minimum absolute atomic E-state index is 0.371. The molecule has 4 rings (SSSR count). The van der Waals surface area contributed by atoms with Crippen molar-refractivity contribution < 1.29 is 14.4 Å². The first-order valence-corrected chi connectivity index (χ1v) is 10.2. The van der Waals surface area contributed by atoms with Gasteiger partial charge in [0, 0.05) is 5.69 Å². The molecule has 0 bridgehead atoms. The number of nitrogens with zero attached hydrogens (tertiary/aromatic N) is 1. The van der Waals surface area contributed by atoms with Crippen molar-refractivity contribution in [1.82, 2.24) is 10.2 Å². The number of imide groups is 1. The molecule has 0 aromatic heterocycles. The molecule has 0 aliphatic carbocycles. The summed E-state index contributed by atoms with van der Waals surface area (Å²) in [6.07, 6.45) is 0.755. The quantitative estimate of drug-likeness (QED) is 0.605. The van der Waals surface area contributed by atoms with Crippen LogP contribution in [0.5, 0.6) is 0 Å². The first-order chi connectivity index (χ1) is 15.1. The monoisotopic (exact) mass is 413 g/mol. The molecule has 0 saturated carbocycles. The molecule has 0 radical (unpaired) electrons. The number of hydrogen-bond acceptors (Lipinski definition) is 3. The van der Waals surface area contributed by atoms with Crippen LogP contribution in [0.3, 0.4) is 0 Å². The number of urea groups is 1. The average Bonchev–Trinajstić information content (AvgIpc) is 3.06. The van der Waals surface area contributed by atoms with E-state index in [-0.39, 0.29) is 6.54 Å². The van der Waals surface area contributed by atoms with E-state index < -0.39 is 23.4 Å². The maximum atomic E-state index is 13.6. The molecule has 4 amide bonds. The summed E-state index contributed by atoms with van der Waals surface area (Å²) in [5, 5.41) is 5.67. The van der Waals surface area contributed by atoms with Crippen LogP contribution < -0.4 is 10.6 Å². The Labute approximate surface area is 180 Å². The molecule has 6 nitrogen and oxygen atoms in total. The van der Waals surface area contributed by atoms with Gasteiger partial charge in [-0.1, -0.05) is 85.8 Å². The Hall–Kier alpha value is -3.93. The Balaban J connectivity index is 1.64. The van der Waals surface area contributed by atoms with Crippen LogP contribution in [0, 0.1) is 0 Å². The lowest BCUT2D eigenvalue weighted by Crippen LogP contribution is -2.45. The Kier molecular flexibility index (Phi) is 5.54. The van der Waals surface area contributed by atoms with Gasteiger partial charge < -0.3 is 10.6 Å². The maximum absolute atomic E-state index is 13.6. The van der Waals surface area contributed by atoms with Crippen molar-refractivity contribution in [3.05, 3.63) is 102 Å². The van der Waals surface area contributed by atoms with Crippen LogP contribution in [0.4, 0.5) is 10.5 Å². The zero-order chi connectivity index (χ0) is 21.8. The number of benzene rings is 3. The highest BCUT2D eigenvalue weighted by molar-refractivity contribution is 6.12. The van der Waals surface area contributed by atoms with Gasteiger partial charge in [-0.3, -0.25) is 14.5 Å². The number of amides is 4. The molecule has 1 fully saturated rings. The van der Waals surface area contributed by atoms with E-state index in [1.807, 2.05) is 61.5 Å². The highest BCUT2D eigenvalue weighted by Gasteiger charge is 2.54. The van der Waals surface area contributed by atoms with E-state index in [9.17, 15) is 14.4 Å². The number of aryl methyl sites for hydroxylation is 1. The van der Waals surface area contributed by atoms with Crippen molar-refractivity contribution in [3.63, 3.8) is 0 Å². The van der Waals surface area contributed by atoms with Crippen LogP contribution >= 0.6 is 0 Å². The second-order valence-corrected chi connectivity index (χ2v) is 7.36. The van der Waals surface area contributed by atoms with Crippen molar-refractivity contribution in [2.45, 2.75) is 18.9 Å². The maximum Gasteiger partial charge on any atom is 0.326 e. The van der Waals surface area contributed by atoms with Crippen LogP contribution in [0.1, 0.15) is 23.6 Å². The molecule has 1 saturated heterocycles. The summed E-state index contributed by atoms with van der Waals surface area (Å²) in [5.74, 6) is -0.907. The molecule has 3 aromatic rings. The predicted molar refractivity (Wildman–Crippen MR) is 118 cm³/mol. The molecule has 0 unspecified atom stereocenters. The van der Waals surface area contributed by atoms with Gasteiger partial charge in [0.25, 0.3) is 5.91 Å². The molecule has 1 heterocycles. The van der Waals surface area contributed by atoms with Crippen molar-refractivity contribution >= 4 is 23.5 Å². The second kappa shape index (κ2) is 8.44. The first kappa shape index (κ1) is 20.3. The van der Waals surface area contributed by atoms with E-state index >= 15 is 0 Å². The summed E-state index contributed by atoms with van der Waals surface area (Å²) in [6, 6.07) is 25.0. The lowest BCUT2D eigenvalue weighted by molar-refractivity contribution is -0.133. The first-order valence-electron chi connectivity index (χ1n) is 10.2. The summed E-state index contributed by atoms with van der Waals surface area (Å²) in [6.45, 7) is 1.63. The Morgan fingerprint density at radius 3 is 2.00 bits per heavy atom. The molecule has 156 valence electrons. The standard InChI is InChI=1S/C25H23N3O3/c1-2-18-11-9-10-16-21(18)26-22(29)17-28-23(30)25(27-24(28)31,19-12-5-3-6-13-19)20-14-7-4-8-15-20/h3-16H,2,17H2,1H3,(H,26,29)(H,27,31). The number of carbonyl (C=O) groups excluding carboxylic acids is 3. The van der Waals surface area contributed by atoms with Gasteiger partial charge in [-0.2, -0.15) is 0 Å². The van der Waals surface area contributed by atoms with Crippen LogP contribution in [0.15, 0.2) is 84.9 Å². The third kappa shape index (κ3) is 3.68. The van der Waals surface area contributed by atoms with Gasteiger partial charge in [0.05, 0.1) is 0 Å².